The van der Waals surface area contributed by atoms with Gasteiger partial charge in [0.05, 0.1) is 5.92 Å². The Kier molecular flexibility index (Phi) is 3.22. The fourth-order valence-corrected chi connectivity index (χ4v) is 0.854. The lowest BCUT2D eigenvalue weighted by atomic mass is 10.3. The summed E-state index contributed by atoms with van der Waals surface area (Å²) in [6.07, 6.45) is 3.90. The number of carboxylic acids is 1. The minimum Gasteiger partial charge on any atom is -0.481 e. The number of aliphatic carboxylic acids is 1. The summed E-state index contributed by atoms with van der Waals surface area (Å²) in [5.41, 5.74) is 5.06. The van der Waals surface area contributed by atoms with Crippen molar-refractivity contribution in [1.82, 2.24) is 0 Å². The van der Waals surface area contributed by atoms with Crippen LogP contribution in [-0.4, -0.2) is 11.1 Å². The Morgan fingerprint density at radius 3 is 2.60 bits per heavy atom. The van der Waals surface area contributed by atoms with Crippen molar-refractivity contribution in [1.29, 1.82) is 0 Å². The van der Waals surface area contributed by atoms with Crippen molar-refractivity contribution in [2.24, 2.45) is 17.6 Å². The second kappa shape index (κ2) is 3.46. The van der Waals surface area contributed by atoms with Gasteiger partial charge in [-0.15, -0.1) is 12.4 Å². The number of carboxylic acid groups (broad SMARTS) is 1. The summed E-state index contributed by atoms with van der Waals surface area (Å²) in [7, 11) is 0. The molecule has 0 bridgehead atoms. The van der Waals surface area contributed by atoms with E-state index in [1.807, 2.05) is 0 Å². The summed E-state index contributed by atoms with van der Waals surface area (Å²) in [5.74, 6) is -0.671. The predicted molar refractivity (Wildman–Crippen MR) is 39.8 cm³/mol. The zero-order valence-electron chi connectivity index (χ0n) is 5.36. The van der Waals surface area contributed by atoms with Gasteiger partial charge in [0.25, 0.3) is 0 Å². The Morgan fingerprint density at radius 2 is 2.30 bits per heavy atom. The van der Waals surface area contributed by atoms with Crippen LogP contribution in [0.2, 0.25) is 0 Å². The van der Waals surface area contributed by atoms with Crippen molar-refractivity contribution in [3.05, 3.63) is 12.3 Å². The van der Waals surface area contributed by atoms with Gasteiger partial charge in [-0.1, -0.05) is 6.08 Å². The standard InChI is InChI=1S/C6H9NO2.ClH/c7-2-1-4-3-5(4)6(8)9;/h1-2,4-5H,3,7H2,(H,8,9);1H. The molecule has 1 aliphatic carbocycles. The van der Waals surface area contributed by atoms with Gasteiger partial charge in [0.1, 0.15) is 0 Å². The van der Waals surface area contributed by atoms with E-state index in [-0.39, 0.29) is 24.2 Å². The molecule has 1 saturated carbocycles. The lowest BCUT2D eigenvalue weighted by molar-refractivity contribution is -0.138. The second-order valence-electron chi connectivity index (χ2n) is 2.23. The first-order valence-electron chi connectivity index (χ1n) is 2.87. The molecule has 2 atom stereocenters. The van der Waals surface area contributed by atoms with Gasteiger partial charge in [0, 0.05) is 0 Å². The number of nitrogens with two attached hydrogens (primary N) is 1. The van der Waals surface area contributed by atoms with E-state index < -0.39 is 5.97 Å². The highest BCUT2D eigenvalue weighted by Gasteiger charge is 2.40. The molecule has 3 N–H and O–H groups in total. The lowest BCUT2D eigenvalue weighted by Crippen LogP contribution is -1.98. The van der Waals surface area contributed by atoms with Crippen LogP contribution in [0.5, 0.6) is 0 Å². The van der Waals surface area contributed by atoms with Crippen LogP contribution in [0.1, 0.15) is 6.42 Å². The zero-order valence-corrected chi connectivity index (χ0v) is 6.17. The van der Waals surface area contributed by atoms with Gasteiger partial charge in [-0.2, -0.15) is 0 Å². The highest BCUT2D eigenvalue weighted by Crippen LogP contribution is 2.39. The van der Waals surface area contributed by atoms with E-state index in [1.54, 1.807) is 6.08 Å². The number of carbonyl (C=O) groups is 1. The quantitative estimate of drug-likeness (QED) is 0.627. The number of rotatable bonds is 2. The van der Waals surface area contributed by atoms with Crippen LogP contribution in [0.4, 0.5) is 0 Å². The smallest absolute Gasteiger partial charge is 0.307 e. The molecule has 2 unspecified atom stereocenters. The Bertz CT molecular complexity index is 158. The number of hydrogen-bond donors (Lipinski definition) is 2. The predicted octanol–water partition coefficient (Wildman–Crippen LogP) is 0.601. The molecule has 4 heteroatoms. The van der Waals surface area contributed by atoms with Gasteiger partial charge in [-0.25, -0.2) is 0 Å². The van der Waals surface area contributed by atoms with Crippen LogP contribution < -0.4 is 5.73 Å². The molecule has 1 aliphatic rings. The topological polar surface area (TPSA) is 63.3 Å². The third-order valence-electron chi connectivity index (χ3n) is 1.52. The third kappa shape index (κ3) is 1.92. The first kappa shape index (κ1) is 9.30. The molecule has 1 rings (SSSR count). The molecule has 58 valence electrons. The van der Waals surface area contributed by atoms with E-state index in [9.17, 15) is 4.79 Å². The molecule has 0 heterocycles. The highest BCUT2D eigenvalue weighted by atomic mass is 35.5. The molecule has 10 heavy (non-hydrogen) atoms. The van der Waals surface area contributed by atoms with E-state index in [4.69, 9.17) is 10.8 Å². The van der Waals surface area contributed by atoms with E-state index in [0.29, 0.717) is 0 Å². The van der Waals surface area contributed by atoms with Gasteiger partial charge < -0.3 is 10.8 Å². The monoisotopic (exact) mass is 163 g/mol. The molecule has 0 aromatic rings. The minimum absolute atomic E-state index is 0. The van der Waals surface area contributed by atoms with Crippen molar-refractivity contribution in [2.75, 3.05) is 0 Å². The highest BCUT2D eigenvalue weighted by molar-refractivity contribution is 5.85. The van der Waals surface area contributed by atoms with Crippen LogP contribution in [0.3, 0.4) is 0 Å². The molecule has 0 aromatic carbocycles. The SMILES string of the molecule is Cl.NC=CC1CC1C(=O)O. The maximum Gasteiger partial charge on any atom is 0.307 e. The molecule has 1 fully saturated rings. The van der Waals surface area contributed by atoms with Crippen LogP contribution in [0, 0.1) is 11.8 Å². The molecule has 0 aliphatic heterocycles. The van der Waals surface area contributed by atoms with Crippen molar-refractivity contribution in [2.45, 2.75) is 6.42 Å². The van der Waals surface area contributed by atoms with Crippen LogP contribution in [-0.2, 0) is 4.79 Å². The van der Waals surface area contributed by atoms with Gasteiger partial charge in [-0.05, 0) is 18.5 Å². The minimum atomic E-state index is -0.710. The molecule has 3 nitrogen and oxygen atoms in total. The molecule has 0 amide bonds. The van der Waals surface area contributed by atoms with Gasteiger partial charge >= 0.3 is 5.97 Å². The summed E-state index contributed by atoms with van der Waals surface area (Å²) < 4.78 is 0. The Hall–Kier alpha value is -0.700. The Morgan fingerprint density at radius 1 is 1.70 bits per heavy atom. The maximum absolute atomic E-state index is 10.2. The van der Waals surface area contributed by atoms with Gasteiger partial charge in [0.15, 0.2) is 0 Å². The summed E-state index contributed by atoms with van der Waals surface area (Å²) in [4.78, 5) is 10.2. The van der Waals surface area contributed by atoms with Crippen molar-refractivity contribution in [3.8, 4) is 0 Å². The average molecular weight is 164 g/mol. The molecule has 0 spiro atoms. The average Bonchev–Trinajstić information content (AvgIpc) is 2.47. The number of hydrogen-bond acceptors (Lipinski definition) is 2. The Balaban J connectivity index is 0.000000810. The molecule has 0 radical (unpaired) electrons. The first-order chi connectivity index (χ1) is 4.25. The number of allylic oxidation sites excluding steroid dienone is 1. The summed E-state index contributed by atoms with van der Waals surface area (Å²) in [5, 5.41) is 8.38. The number of halogens is 1. The molecular formula is C6H10ClNO2. The first-order valence-corrected chi connectivity index (χ1v) is 2.87. The van der Waals surface area contributed by atoms with E-state index in [2.05, 4.69) is 0 Å². The fraction of sp³-hybridized carbons (Fsp3) is 0.500. The molecule has 0 saturated heterocycles. The molecule has 0 aromatic heterocycles. The van der Waals surface area contributed by atoms with E-state index >= 15 is 0 Å². The van der Waals surface area contributed by atoms with Crippen LogP contribution in [0.15, 0.2) is 12.3 Å². The summed E-state index contributed by atoms with van der Waals surface area (Å²) >= 11 is 0. The molecular weight excluding hydrogens is 154 g/mol. The van der Waals surface area contributed by atoms with Crippen molar-refractivity contribution >= 4 is 18.4 Å². The Labute approximate surface area is 65.3 Å². The second-order valence-corrected chi connectivity index (χ2v) is 2.23. The van der Waals surface area contributed by atoms with Crippen LogP contribution >= 0.6 is 12.4 Å². The fourth-order valence-electron chi connectivity index (χ4n) is 0.854. The zero-order chi connectivity index (χ0) is 6.85. The van der Waals surface area contributed by atoms with Gasteiger partial charge in [-0.3, -0.25) is 4.79 Å². The summed E-state index contributed by atoms with van der Waals surface area (Å²) in [6.45, 7) is 0. The third-order valence-corrected chi connectivity index (χ3v) is 1.52. The van der Waals surface area contributed by atoms with Crippen LogP contribution in [0.25, 0.3) is 0 Å². The normalized spacial score (nSPS) is 29.6. The van der Waals surface area contributed by atoms with E-state index in [0.717, 1.165) is 6.42 Å². The summed E-state index contributed by atoms with van der Waals surface area (Å²) in [6, 6.07) is 0. The van der Waals surface area contributed by atoms with Gasteiger partial charge in [0.2, 0.25) is 0 Å². The lowest BCUT2D eigenvalue weighted by Gasteiger charge is -1.82. The van der Waals surface area contributed by atoms with Crippen molar-refractivity contribution in [3.63, 3.8) is 0 Å². The van der Waals surface area contributed by atoms with Crippen molar-refractivity contribution < 1.29 is 9.90 Å². The van der Waals surface area contributed by atoms with E-state index in [1.165, 1.54) is 6.20 Å². The largest absolute Gasteiger partial charge is 0.481 e. The maximum atomic E-state index is 10.2.